The third kappa shape index (κ3) is 4.11. The number of anilines is 1. The molecular weight excluding hydrogens is 322 g/mol. The minimum absolute atomic E-state index is 0.134. The van der Waals surface area contributed by atoms with Crippen LogP contribution >= 0.6 is 0 Å². The van der Waals surface area contributed by atoms with Gasteiger partial charge in [0.25, 0.3) is 5.91 Å². The molecule has 8 nitrogen and oxygen atoms in total. The summed E-state index contributed by atoms with van der Waals surface area (Å²) in [5.41, 5.74) is 2.46. The molecule has 1 aromatic carbocycles. The average Bonchev–Trinajstić information content (AvgIpc) is 3.19. The molecule has 0 saturated heterocycles. The first-order valence-corrected chi connectivity index (χ1v) is 7.66. The third-order valence-corrected chi connectivity index (χ3v) is 3.65. The van der Waals surface area contributed by atoms with Crippen LogP contribution in [-0.2, 0) is 17.9 Å². The van der Waals surface area contributed by atoms with Crippen molar-refractivity contribution in [1.29, 1.82) is 0 Å². The van der Waals surface area contributed by atoms with Crippen molar-refractivity contribution in [3.63, 3.8) is 0 Å². The fourth-order valence-corrected chi connectivity index (χ4v) is 2.37. The molecule has 0 spiro atoms. The van der Waals surface area contributed by atoms with Gasteiger partial charge in [0, 0.05) is 18.5 Å². The maximum Gasteiger partial charge on any atom is 0.325 e. The highest BCUT2D eigenvalue weighted by molar-refractivity contribution is 6.02. The van der Waals surface area contributed by atoms with Crippen molar-refractivity contribution in [1.82, 2.24) is 19.6 Å². The maximum atomic E-state index is 12.2. The van der Waals surface area contributed by atoms with E-state index < -0.39 is 11.9 Å². The molecular formula is C17H17N5O3. The Kier molecular flexibility index (Phi) is 4.60. The van der Waals surface area contributed by atoms with Crippen molar-refractivity contribution < 1.29 is 14.7 Å². The quantitative estimate of drug-likeness (QED) is 0.712. The summed E-state index contributed by atoms with van der Waals surface area (Å²) in [4.78, 5) is 22.8. The normalized spacial score (nSPS) is 10.6. The lowest BCUT2D eigenvalue weighted by Gasteiger charge is -2.05. The van der Waals surface area contributed by atoms with E-state index in [1.54, 1.807) is 16.9 Å². The summed E-state index contributed by atoms with van der Waals surface area (Å²) in [6.07, 6.45) is 3.23. The Hall–Kier alpha value is -3.42. The van der Waals surface area contributed by atoms with Crippen molar-refractivity contribution in [3.05, 3.63) is 65.6 Å². The molecule has 0 radical (unpaired) electrons. The first-order chi connectivity index (χ1) is 12.0. The monoisotopic (exact) mass is 339 g/mol. The van der Waals surface area contributed by atoms with E-state index in [9.17, 15) is 9.59 Å². The van der Waals surface area contributed by atoms with Gasteiger partial charge in [-0.25, -0.2) is 0 Å². The summed E-state index contributed by atoms with van der Waals surface area (Å²) < 4.78 is 2.93. The maximum absolute atomic E-state index is 12.2. The number of aryl methyl sites for hydroxylation is 1. The summed E-state index contributed by atoms with van der Waals surface area (Å²) in [6, 6.07) is 11.2. The van der Waals surface area contributed by atoms with E-state index in [-0.39, 0.29) is 12.2 Å². The zero-order valence-corrected chi connectivity index (χ0v) is 13.6. The van der Waals surface area contributed by atoms with Gasteiger partial charge in [0.05, 0.1) is 6.54 Å². The molecule has 0 atom stereocenters. The molecule has 3 aromatic rings. The average molecular weight is 339 g/mol. The third-order valence-electron chi connectivity index (χ3n) is 3.65. The largest absolute Gasteiger partial charge is 0.480 e. The SMILES string of the molecule is Cc1ccccc1Cn1ccc(NC(=O)c2ccn(CC(=O)O)n2)n1. The Morgan fingerprint density at radius 3 is 2.60 bits per heavy atom. The fraction of sp³-hybridized carbons (Fsp3) is 0.176. The highest BCUT2D eigenvalue weighted by Crippen LogP contribution is 2.11. The van der Waals surface area contributed by atoms with Crippen LogP contribution in [0.2, 0.25) is 0 Å². The van der Waals surface area contributed by atoms with Crippen molar-refractivity contribution in [2.75, 3.05) is 5.32 Å². The van der Waals surface area contributed by atoms with Crippen LogP contribution < -0.4 is 5.32 Å². The number of nitrogens with one attached hydrogen (secondary N) is 1. The molecule has 2 aromatic heterocycles. The molecule has 0 saturated carbocycles. The molecule has 2 N–H and O–H groups in total. The number of carboxylic acid groups (broad SMARTS) is 1. The number of carboxylic acids is 1. The zero-order valence-electron chi connectivity index (χ0n) is 13.6. The Balaban J connectivity index is 1.65. The van der Waals surface area contributed by atoms with E-state index >= 15 is 0 Å². The molecule has 0 unspecified atom stereocenters. The predicted molar refractivity (Wildman–Crippen MR) is 90.3 cm³/mol. The minimum Gasteiger partial charge on any atom is -0.480 e. The van der Waals surface area contributed by atoms with E-state index in [1.165, 1.54) is 22.5 Å². The van der Waals surface area contributed by atoms with E-state index in [0.29, 0.717) is 12.4 Å². The summed E-state index contributed by atoms with van der Waals surface area (Å²) in [6.45, 7) is 2.35. The Morgan fingerprint density at radius 2 is 1.84 bits per heavy atom. The lowest BCUT2D eigenvalue weighted by molar-refractivity contribution is -0.137. The van der Waals surface area contributed by atoms with Gasteiger partial charge < -0.3 is 10.4 Å². The van der Waals surface area contributed by atoms with Gasteiger partial charge in [-0.05, 0) is 24.1 Å². The summed E-state index contributed by atoms with van der Waals surface area (Å²) >= 11 is 0. The van der Waals surface area contributed by atoms with E-state index in [2.05, 4.69) is 15.5 Å². The Morgan fingerprint density at radius 1 is 1.08 bits per heavy atom. The number of hydrogen-bond acceptors (Lipinski definition) is 4. The predicted octanol–water partition coefficient (Wildman–Crippen LogP) is 1.77. The van der Waals surface area contributed by atoms with Gasteiger partial charge >= 0.3 is 5.97 Å². The summed E-state index contributed by atoms with van der Waals surface area (Å²) in [7, 11) is 0. The van der Waals surface area contributed by atoms with Crippen molar-refractivity contribution in [2.45, 2.75) is 20.0 Å². The number of carbonyl (C=O) groups excluding carboxylic acids is 1. The van der Waals surface area contributed by atoms with Gasteiger partial charge in [-0.15, -0.1) is 0 Å². The zero-order chi connectivity index (χ0) is 17.8. The summed E-state index contributed by atoms with van der Waals surface area (Å²) in [5.74, 6) is -1.05. The molecule has 2 heterocycles. The number of nitrogens with zero attached hydrogens (tertiary/aromatic N) is 4. The molecule has 8 heteroatoms. The van der Waals surface area contributed by atoms with Gasteiger partial charge in [0.15, 0.2) is 11.5 Å². The number of aromatic nitrogens is 4. The van der Waals surface area contributed by atoms with Gasteiger partial charge in [-0.1, -0.05) is 24.3 Å². The molecule has 128 valence electrons. The van der Waals surface area contributed by atoms with E-state index in [4.69, 9.17) is 5.11 Å². The van der Waals surface area contributed by atoms with Crippen LogP contribution in [0.15, 0.2) is 48.8 Å². The van der Waals surface area contributed by atoms with Crippen LogP contribution in [0.25, 0.3) is 0 Å². The first kappa shape index (κ1) is 16.4. The molecule has 3 rings (SSSR count). The highest BCUT2D eigenvalue weighted by atomic mass is 16.4. The van der Waals surface area contributed by atoms with Gasteiger partial charge in [0.1, 0.15) is 6.54 Å². The van der Waals surface area contributed by atoms with Gasteiger partial charge in [-0.3, -0.25) is 19.0 Å². The molecule has 1 amide bonds. The lowest BCUT2D eigenvalue weighted by Crippen LogP contribution is -2.15. The smallest absolute Gasteiger partial charge is 0.325 e. The number of benzene rings is 1. The lowest BCUT2D eigenvalue weighted by atomic mass is 10.1. The van der Waals surface area contributed by atoms with Gasteiger partial charge in [-0.2, -0.15) is 10.2 Å². The minimum atomic E-state index is -1.02. The van der Waals surface area contributed by atoms with E-state index in [1.807, 2.05) is 31.2 Å². The van der Waals surface area contributed by atoms with Crippen LogP contribution in [0.5, 0.6) is 0 Å². The van der Waals surface area contributed by atoms with E-state index in [0.717, 1.165) is 5.56 Å². The summed E-state index contributed by atoms with van der Waals surface area (Å²) in [5, 5.41) is 19.6. The standard InChI is InChI=1S/C17H17N5O3/c1-12-4-2-3-5-13(12)10-21-9-7-15(20-21)18-17(25)14-6-8-22(19-14)11-16(23)24/h2-9H,10-11H2,1H3,(H,23,24)(H,18,20,25). The fourth-order valence-electron chi connectivity index (χ4n) is 2.37. The van der Waals surface area contributed by atoms with Crippen LogP contribution in [0.3, 0.4) is 0 Å². The molecule has 0 fully saturated rings. The second kappa shape index (κ2) is 7.00. The molecule has 0 aliphatic carbocycles. The van der Waals surface area contributed by atoms with Crippen LogP contribution in [0, 0.1) is 6.92 Å². The molecule has 25 heavy (non-hydrogen) atoms. The molecule has 0 aliphatic heterocycles. The van der Waals surface area contributed by atoms with Crippen molar-refractivity contribution in [2.24, 2.45) is 0 Å². The van der Waals surface area contributed by atoms with Crippen molar-refractivity contribution >= 4 is 17.7 Å². The number of hydrogen-bond donors (Lipinski definition) is 2. The second-order valence-electron chi connectivity index (χ2n) is 5.57. The number of carbonyl (C=O) groups is 2. The molecule has 0 aliphatic rings. The van der Waals surface area contributed by atoms with Crippen LogP contribution in [-0.4, -0.2) is 36.5 Å². The van der Waals surface area contributed by atoms with Crippen molar-refractivity contribution in [3.8, 4) is 0 Å². The van der Waals surface area contributed by atoms with Gasteiger partial charge in [0.2, 0.25) is 0 Å². The van der Waals surface area contributed by atoms with Crippen LogP contribution in [0.4, 0.5) is 5.82 Å². The number of rotatable bonds is 6. The van der Waals surface area contributed by atoms with Crippen LogP contribution in [0.1, 0.15) is 21.6 Å². The molecule has 0 bridgehead atoms. The number of aliphatic carboxylic acids is 1. The highest BCUT2D eigenvalue weighted by Gasteiger charge is 2.12. The Labute approximate surface area is 143 Å². The first-order valence-electron chi connectivity index (χ1n) is 7.66. The topological polar surface area (TPSA) is 102 Å². The number of amides is 1. The second-order valence-corrected chi connectivity index (χ2v) is 5.57. The Bertz CT molecular complexity index is 912.